The predicted octanol–water partition coefficient (Wildman–Crippen LogP) is 2.93. The van der Waals surface area contributed by atoms with Gasteiger partial charge in [0, 0.05) is 30.3 Å². The van der Waals surface area contributed by atoms with Crippen LogP contribution in [0.3, 0.4) is 0 Å². The van der Waals surface area contributed by atoms with Crippen LogP contribution in [0.1, 0.15) is 29.6 Å². The Morgan fingerprint density at radius 2 is 1.65 bits per heavy atom. The molecule has 1 amide bonds. The Morgan fingerprint density at radius 1 is 0.968 bits per heavy atom. The summed E-state index contributed by atoms with van der Waals surface area (Å²) in [6.45, 7) is 0.840. The molecule has 0 aromatic heterocycles. The Hall–Kier alpha value is -2.36. The van der Waals surface area contributed by atoms with E-state index in [1.165, 1.54) is 16.4 Å². The summed E-state index contributed by atoms with van der Waals surface area (Å²) in [7, 11) is -3.79. The van der Waals surface area contributed by atoms with E-state index >= 15 is 0 Å². The number of rotatable bonds is 9. The highest BCUT2D eigenvalue weighted by atomic mass is 32.2. The molecule has 7 nitrogen and oxygen atoms in total. The molecule has 1 fully saturated rings. The lowest BCUT2D eigenvalue weighted by Gasteiger charge is -2.26. The van der Waals surface area contributed by atoms with Gasteiger partial charge in [-0.15, -0.1) is 11.8 Å². The molecule has 0 spiro atoms. The zero-order chi connectivity index (χ0) is 22.1. The second-order valence-corrected chi connectivity index (χ2v) is 10.1. The van der Waals surface area contributed by atoms with E-state index in [0.717, 1.165) is 24.2 Å². The van der Waals surface area contributed by atoms with Crippen molar-refractivity contribution in [3.05, 3.63) is 60.2 Å². The summed E-state index contributed by atoms with van der Waals surface area (Å²) in [5, 5.41) is 2.69. The van der Waals surface area contributed by atoms with Crippen LogP contribution in [-0.4, -0.2) is 56.6 Å². The summed E-state index contributed by atoms with van der Waals surface area (Å²) in [6, 6.07) is 15.8. The van der Waals surface area contributed by atoms with Gasteiger partial charge in [-0.05, 0) is 37.1 Å². The van der Waals surface area contributed by atoms with Crippen LogP contribution < -0.4 is 5.32 Å². The zero-order valence-corrected chi connectivity index (χ0v) is 18.8. The van der Waals surface area contributed by atoms with Crippen LogP contribution in [0.25, 0.3) is 0 Å². The number of nitrogens with one attached hydrogen (secondary N) is 1. The second-order valence-electron chi connectivity index (χ2n) is 7.05. The van der Waals surface area contributed by atoms with E-state index in [2.05, 4.69) is 5.32 Å². The van der Waals surface area contributed by atoms with Crippen LogP contribution in [0, 0.1) is 0 Å². The number of hydrogen-bond donors (Lipinski definition) is 1. The smallest absolute Gasteiger partial charge is 0.340 e. The van der Waals surface area contributed by atoms with Crippen LogP contribution >= 0.6 is 11.8 Å². The Balaban J connectivity index is 1.52. The third kappa shape index (κ3) is 6.56. The quantitative estimate of drug-likeness (QED) is 0.350. The molecule has 0 bridgehead atoms. The topological polar surface area (TPSA) is 92.8 Å². The van der Waals surface area contributed by atoms with Crippen molar-refractivity contribution in [1.82, 2.24) is 9.62 Å². The minimum atomic E-state index is -3.79. The fraction of sp³-hybridized carbons (Fsp3) is 0.364. The fourth-order valence-electron chi connectivity index (χ4n) is 3.24. The number of piperidine rings is 1. The number of carbonyl (C=O) groups is 2. The minimum Gasteiger partial charge on any atom is -0.452 e. The number of benzene rings is 2. The number of ether oxygens (including phenoxy) is 1. The molecule has 166 valence electrons. The molecule has 0 radical (unpaired) electrons. The maximum Gasteiger partial charge on any atom is 0.340 e. The molecule has 1 N–H and O–H groups in total. The van der Waals surface area contributed by atoms with Crippen molar-refractivity contribution >= 4 is 33.7 Å². The van der Waals surface area contributed by atoms with Crippen LogP contribution in [0.4, 0.5) is 0 Å². The highest BCUT2D eigenvalue weighted by Crippen LogP contribution is 2.24. The molecule has 2 aromatic rings. The molecule has 0 saturated carbocycles. The average molecular weight is 463 g/mol. The number of nitrogens with zero attached hydrogens (tertiary/aromatic N) is 1. The number of amides is 1. The van der Waals surface area contributed by atoms with Gasteiger partial charge in [-0.3, -0.25) is 4.79 Å². The number of hydrogen-bond acceptors (Lipinski definition) is 6. The predicted molar refractivity (Wildman–Crippen MR) is 120 cm³/mol. The van der Waals surface area contributed by atoms with E-state index in [1.807, 2.05) is 30.3 Å². The first-order valence-electron chi connectivity index (χ1n) is 10.2. The maximum atomic E-state index is 13.0. The Bertz CT molecular complexity index is 990. The van der Waals surface area contributed by atoms with Gasteiger partial charge in [-0.25, -0.2) is 13.2 Å². The van der Waals surface area contributed by atoms with Gasteiger partial charge in [0.15, 0.2) is 6.61 Å². The maximum absolute atomic E-state index is 13.0. The molecule has 31 heavy (non-hydrogen) atoms. The highest BCUT2D eigenvalue weighted by molar-refractivity contribution is 7.99. The lowest BCUT2D eigenvalue weighted by molar-refractivity contribution is -0.124. The molecule has 9 heteroatoms. The largest absolute Gasteiger partial charge is 0.452 e. The van der Waals surface area contributed by atoms with E-state index in [-0.39, 0.29) is 10.5 Å². The standard InChI is InChI=1S/C22H26N2O5S2/c25-21(23-13-16-30-18-9-3-1-4-10-18)17-29-22(26)19-11-5-6-12-20(19)31(27,28)24-14-7-2-8-15-24/h1,3-6,9-12H,2,7-8,13-17H2,(H,23,25). The van der Waals surface area contributed by atoms with Crippen LogP contribution in [0.5, 0.6) is 0 Å². The number of sulfonamides is 1. The molecular formula is C22H26N2O5S2. The summed E-state index contributed by atoms with van der Waals surface area (Å²) >= 11 is 1.61. The lowest BCUT2D eigenvalue weighted by Crippen LogP contribution is -2.36. The van der Waals surface area contributed by atoms with Crippen molar-refractivity contribution in [2.45, 2.75) is 29.1 Å². The molecule has 3 rings (SSSR count). The number of esters is 1. The fourth-order valence-corrected chi connectivity index (χ4v) is 5.73. The highest BCUT2D eigenvalue weighted by Gasteiger charge is 2.30. The summed E-state index contributed by atoms with van der Waals surface area (Å²) in [6.07, 6.45) is 2.60. The first-order valence-corrected chi connectivity index (χ1v) is 12.6. The van der Waals surface area contributed by atoms with Gasteiger partial charge in [0.05, 0.1) is 10.5 Å². The first-order chi connectivity index (χ1) is 15.0. The number of thioether (sulfide) groups is 1. The zero-order valence-electron chi connectivity index (χ0n) is 17.2. The first kappa shape index (κ1) is 23.3. The van der Waals surface area contributed by atoms with E-state index in [4.69, 9.17) is 4.74 Å². The van der Waals surface area contributed by atoms with Crippen molar-refractivity contribution in [3.63, 3.8) is 0 Å². The lowest BCUT2D eigenvalue weighted by atomic mass is 10.2. The van der Waals surface area contributed by atoms with Gasteiger partial charge < -0.3 is 10.1 Å². The molecule has 1 saturated heterocycles. The molecule has 1 aliphatic heterocycles. The van der Waals surface area contributed by atoms with Gasteiger partial charge in [-0.1, -0.05) is 36.8 Å². The molecule has 1 heterocycles. The average Bonchev–Trinajstić information content (AvgIpc) is 2.81. The molecule has 2 aromatic carbocycles. The van der Waals surface area contributed by atoms with Crippen LogP contribution in [-0.2, 0) is 19.6 Å². The van der Waals surface area contributed by atoms with Crippen molar-refractivity contribution in [2.24, 2.45) is 0 Å². The molecule has 0 atom stereocenters. The van der Waals surface area contributed by atoms with Gasteiger partial charge in [0.1, 0.15) is 0 Å². The van der Waals surface area contributed by atoms with Gasteiger partial charge in [0.25, 0.3) is 5.91 Å². The minimum absolute atomic E-state index is 0.0551. The molecule has 0 unspecified atom stereocenters. The normalized spacial score (nSPS) is 14.7. The van der Waals surface area contributed by atoms with Crippen molar-refractivity contribution in [3.8, 4) is 0 Å². The summed E-state index contributed by atoms with van der Waals surface area (Å²) < 4.78 is 32.4. The summed E-state index contributed by atoms with van der Waals surface area (Å²) in [4.78, 5) is 25.5. The Labute approximate surface area is 187 Å². The van der Waals surface area contributed by atoms with Crippen molar-refractivity contribution in [2.75, 3.05) is 32.0 Å². The van der Waals surface area contributed by atoms with Gasteiger partial charge >= 0.3 is 5.97 Å². The number of carbonyl (C=O) groups excluding carboxylic acids is 2. The van der Waals surface area contributed by atoms with E-state index in [0.29, 0.717) is 25.4 Å². The summed E-state index contributed by atoms with van der Waals surface area (Å²) in [5.41, 5.74) is -0.0551. The third-order valence-electron chi connectivity index (χ3n) is 4.81. The van der Waals surface area contributed by atoms with Gasteiger partial charge in [-0.2, -0.15) is 4.31 Å². The van der Waals surface area contributed by atoms with E-state index < -0.39 is 28.5 Å². The van der Waals surface area contributed by atoms with Crippen LogP contribution in [0.15, 0.2) is 64.4 Å². The SMILES string of the molecule is O=C(COC(=O)c1ccccc1S(=O)(=O)N1CCCCC1)NCCSc1ccccc1. The van der Waals surface area contributed by atoms with Crippen molar-refractivity contribution < 1.29 is 22.7 Å². The van der Waals surface area contributed by atoms with E-state index in [1.54, 1.807) is 23.9 Å². The van der Waals surface area contributed by atoms with Crippen molar-refractivity contribution in [1.29, 1.82) is 0 Å². The second kappa shape index (κ2) is 11.3. The Morgan fingerprint density at radius 3 is 2.39 bits per heavy atom. The molecule has 1 aliphatic rings. The monoisotopic (exact) mass is 462 g/mol. The van der Waals surface area contributed by atoms with Crippen LogP contribution in [0.2, 0.25) is 0 Å². The molecule has 0 aliphatic carbocycles. The molecular weight excluding hydrogens is 436 g/mol. The van der Waals surface area contributed by atoms with E-state index in [9.17, 15) is 18.0 Å². The Kier molecular flexibility index (Phi) is 8.51. The van der Waals surface area contributed by atoms with Gasteiger partial charge in [0.2, 0.25) is 10.0 Å². The summed E-state index contributed by atoms with van der Waals surface area (Å²) in [5.74, 6) is -0.580. The third-order valence-corrected chi connectivity index (χ3v) is 7.78.